The van der Waals surface area contributed by atoms with Crippen LogP contribution in [0.3, 0.4) is 0 Å². The fraction of sp³-hybridized carbons (Fsp3) is 0.628. The van der Waals surface area contributed by atoms with Crippen molar-refractivity contribution in [2.24, 2.45) is 0 Å². The molecule has 2 atom stereocenters. The third kappa shape index (κ3) is 41.8. The molecule has 0 spiro atoms. The number of hydrogen-bond acceptors (Lipinski definition) is 7. The van der Waals surface area contributed by atoms with Gasteiger partial charge in [0.2, 0.25) is 0 Å². The maximum absolute atomic E-state index is 12.4. The molecule has 10 heteroatoms. The van der Waals surface area contributed by atoms with E-state index in [0.717, 1.165) is 77.0 Å². The Bertz CT molecular complexity index is 1140. The number of allylic oxidation sites excluding steroid dienone is 14. The predicted octanol–water partition coefficient (Wildman–Crippen LogP) is 11.0. The highest BCUT2D eigenvalue weighted by molar-refractivity contribution is 7.46. The van der Waals surface area contributed by atoms with Crippen molar-refractivity contribution in [3.05, 3.63) is 85.1 Å². The maximum Gasteiger partial charge on any atom is 0.469 e. The van der Waals surface area contributed by atoms with Crippen LogP contribution in [0.1, 0.15) is 149 Å². The number of aliphatic hydroxyl groups is 1. The lowest BCUT2D eigenvalue weighted by Gasteiger charge is -2.18. The van der Waals surface area contributed by atoms with Crippen molar-refractivity contribution >= 4 is 19.8 Å². The van der Waals surface area contributed by atoms with Crippen LogP contribution >= 0.6 is 7.82 Å². The first-order chi connectivity index (χ1) is 25.6. The molecule has 0 aliphatic rings. The summed E-state index contributed by atoms with van der Waals surface area (Å²) < 4.78 is 26.3. The predicted molar refractivity (Wildman–Crippen MR) is 217 cm³/mol. The van der Waals surface area contributed by atoms with E-state index in [9.17, 15) is 19.3 Å². The summed E-state index contributed by atoms with van der Waals surface area (Å²) in [6.45, 7) is 3.12. The average Bonchev–Trinajstić information content (AvgIpc) is 3.11. The van der Waals surface area contributed by atoms with E-state index in [1.165, 1.54) is 25.7 Å². The lowest BCUT2D eigenvalue weighted by molar-refractivity contribution is -0.161. The first-order valence-electron chi connectivity index (χ1n) is 19.9. The minimum Gasteiger partial charge on any atom is -0.462 e. The molecule has 9 nitrogen and oxygen atoms in total. The van der Waals surface area contributed by atoms with Crippen molar-refractivity contribution in [2.75, 3.05) is 13.2 Å². The summed E-state index contributed by atoms with van der Waals surface area (Å²) in [5, 5.41) is 9.24. The zero-order chi connectivity index (χ0) is 39.1. The number of carbonyl (C=O) groups excluding carboxylic acids is 2. The molecule has 0 rings (SSSR count). The number of phosphoric ester groups is 1. The summed E-state index contributed by atoms with van der Waals surface area (Å²) in [4.78, 5) is 42.8. The minimum atomic E-state index is -4.78. The van der Waals surface area contributed by atoms with Gasteiger partial charge in [-0.1, -0.05) is 118 Å². The number of rotatable bonds is 35. The Hall–Kier alpha value is -2.81. The number of esters is 2. The summed E-state index contributed by atoms with van der Waals surface area (Å²) >= 11 is 0. The van der Waals surface area contributed by atoms with Gasteiger partial charge in [-0.25, -0.2) is 4.57 Å². The van der Waals surface area contributed by atoms with Gasteiger partial charge in [0, 0.05) is 12.8 Å². The molecule has 0 heterocycles. The second-order valence-electron chi connectivity index (χ2n) is 13.2. The summed E-state index contributed by atoms with van der Waals surface area (Å²) in [5.74, 6) is -1.00. The molecule has 0 aromatic heterocycles. The number of aliphatic hydroxyl groups excluding tert-OH is 1. The second kappa shape index (κ2) is 37.5. The second-order valence-corrected chi connectivity index (χ2v) is 14.4. The molecular formula is C43H71O9P. The summed E-state index contributed by atoms with van der Waals surface area (Å²) in [6, 6.07) is 0. The van der Waals surface area contributed by atoms with Crippen LogP contribution in [-0.4, -0.2) is 52.3 Å². The number of hydrogen-bond donors (Lipinski definition) is 3. The number of carbonyl (C=O) groups is 2. The van der Waals surface area contributed by atoms with E-state index in [0.29, 0.717) is 19.3 Å². The van der Waals surface area contributed by atoms with Crippen LogP contribution in [-0.2, 0) is 28.2 Å². The molecule has 53 heavy (non-hydrogen) atoms. The lowest BCUT2D eigenvalue weighted by atomic mass is 10.1. The standard InChI is InChI=1S/C43H71O9P/c1-3-4-5-6-7-8-9-10-11-12-15-19-22-25-28-31-34-37-43(46)52-41(39-51-53(47,48)49)38-50-42(45)36-33-30-27-24-21-18-16-13-14-17-20-23-26-29-32-35-40(2)44/h7-8,10-11,14-19,23-24,26-27,40-41,44H,3-6,9,12-13,20-22,25,28-39H2,1-2H3,(H2,47,48,49)/b8-7-,11-10-,17-14-,18-16-,19-15-,26-23-,27-24-/t40-,41-/m1/s1. The van der Waals surface area contributed by atoms with Crippen molar-refractivity contribution in [1.29, 1.82) is 0 Å². The molecule has 0 aromatic carbocycles. The maximum atomic E-state index is 12.4. The van der Waals surface area contributed by atoms with Crippen molar-refractivity contribution < 1.29 is 43.0 Å². The summed E-state index contributed by atoms with van der Waals surface area (Å²) in [6.07, 6.45) is 47.2. The number of ether oxygens (including phenoxy) is 2. The van der Waals surface area contributed by atoms with Crippen LogP contribution < -0.4 is 0 Å². The molecule has 0 aliphatic heterocycles. The lowest BCUT2D eigenvalue weighted by Crippen LogP contribution is -2.29. The minimum absolute atomic E-state index is 0.163. The van der Waals surface area contributed by atoms with E-state index in [2.05, 4.69) is 84.4 Å². The Morgan fingerprint density at radius 3 is 1.49 bits per heavy atom. The van der Waals surface area contributed by atoms with Crippen LogP contribution in [0.5, 0.6) is 0 Å². The van der Waals surface area contributed by atoms with E-state index in [1.807, 2.05) is 19.1 Å². The van der Waals surface area contributed by atoms with Gasteiger partial charge < -0.3 is 24.4 Å². The van der Waals surface area contributed by atoms with E-state index in [-0.39, 0.29) is 25.6 Å². The quantitative estimate of drug-likeness (QED) is 0.0249. The van der Waals surface area contributed by atoms with Crippen LogP contribution in [0.2, 0.25) is 0 Å². The average molecular weight is 763 g/mol. The smallest absolute Gasteiger partial charge is 0.462 e. The normalized spacial score (nSPS) is 14.0. The van der Waals surface area contributed by atoms with Crippen molar-refractivity contribution in [1.82, 2.24) is 0 Å². The monoisotopic (exact) mass is 762 g/mol. The van der Waals surface area contributed by atoms with Gasteiger partial charge in [0.05, 0.1) is 12.7 Å². The van der Waals surface area contributed by atoms with Gasteiger partial charge in [-0.2, -0.15) is 0 Å². The third-order valence-corrected chi connectivity index (χ3v) is 8.39. The molecule has 0 aromatic rings. The van der Waals surface area contributed by atoms with Crippen molar-refractivity contribution in [3.8, 4) is 0 Å². The third-order valence-electron chi connectivity index (χ3n) is 7.90. The van der Waals surface area contributed by atoms with Gasteiger partial charge in [0.25, 0.3) is 0 Å². The van der Waals surface area contributed by atoms with Crippen molar-refractivity contribution in [2.45, 2.75) is 161 Å². The highest BCUT2D eigenvalue weighted by atomic mass is 31.2. The molecule has 0 aliphatic carbocycles. The molecule has 3 N–H and O–H groups in total. The zero-order valence-corrected chi connectivity index (χ0v) is 33.6. The first kappa shape index (κ1) is 50.2. The van der Waals surface area contributed by atoms with E-state index < -0.39 is 32.5 Å². The van der Waals surface area contributed by atoms with Gasteiger partial charge >= 0.3 is 19.8 Å². The zero-order valence-electron chi connectivity index (χ0n) is 32.7. The Balaban J connectivity index is 4.11. The van der Waals surface area contributed by atoms with Crippen LogP contribution in [0.4, 0.5) is 0 Å². The fourth-order valence-corrected chi connectivity index (χ4v) is 5.28. The highest BCUT2D eigenvalue weighted by Gasteiger charge is 2.22. The van der Waals surface area contributed by atoms with Gasteiger partial charge in [0.15, 0.2) is 6.10 Å². The van der Waals surface area contributed by atoms with Crippen LogP contribution in [0.15, 0.2) is 85.1 Å². The highest BCUT2D eigenvalue weighted by Crippen LogP contribution is 2.36. The van der Waals surface area contributed by atoms with E-state index >= 15 is 0 Å². The van der Waals surface area contributed by atoms with Crippen LogP contribution in [0, 0.1) is 0 Å². The number of unbranched alkanes of at least 4 members (excludes halogenated alkanes) is 9. The molecule has 0 unspecified atom stereocenters. The SMILES string of the molecule is CCCCC/C=C\C/C=C\C/C=C\CCCCCCC(=O)O[C@H](COC(=O)CCC/C=C\C/C=C\C/C=C\C/C=C\CCC[C@@H](C)O)COP(=O)(O)O. The van der Waals surface area contributed by atoms with Gasteiger partial charge in [0.1, 0.15) is 6.61 Å². The van der Waals surface area contributed by atoms with Gasteiger partial charge in [-0.05, 0) is 103 Å². The largest absolute Gasteiger partial charge is 0.469 e. The molecule has 0 fully saturated rings. The molecule has 0 bridgehead atoms. The fourth-order valence-electron chi connectivity index (χ4n) is 4.92. The van der Waals surface area contributed by atoms with Crippen LogP contribution in [0.25, 0.3) is 0 Å². The van der Waals surface area contributed by atoms with Gasteiger partial charge in [-0.3, -0.25) is 14.1 Å². The van der Waals surface area contributed by atoms with Crippen molar-refractivity contribution in [3.63, 3.8) is 0 Å². The Kier molecular flexibility index (Phi) is 35.5. The Morgan fingerprint density at radius 2 is 1.00 bits per heavy atom. The molecule has 0 saturated carbocycles. The molecule has 0 saturated heterocycles. The van der Waals surface area contributed by atoms with E-state index in [1.54, 1.807) is 0 Å². The Morgan fingerprint density at radius 1 is 0.566 bits per heavy atom. The molecule has 0 radical (unpaired) electrons. The first-order valence-corrected chi connectivity index (χ1v) is 21.4. The summed E-state index contributed by atoms with van der Waals surface area (Å²) in [7, 11) is -4.78. The molecular weight excluding hydrogens is 691 g/mol. The number of phosphoric acid groups is 1. The Labute approximate surface area is 321 Å². The summed E-state index contributed by atoms with van der Waals surface area (Å²) in [5.41, 5.74) is 0. The molecule has 0 amide bonds. The molecule has 302 valence electrons. The van der Waals surface area contributed by atoms with E-state index in [4.69, 9.17) is 19.3 Å². The van der Waals surface area contributed by atoms with Gasteiger partial charge in [-0.15, -0.1) is 0 Å². The topological polar surface area (TPSA) is 140 Å².